The Balaban J connectivity index is 1.84. The van der Waals surface area contributed by atoms with Gasteiger partial charge in [-0.3, -0.25) is 4.90 Å². The normalized spacial score (nSPS) is 21.1. The Bertz CT molecular complexity index is 289. The van der Waals surface area contributed by atoms with Crippen LogP contribution in [-0.4, -0.2) is 31.6 Å². The summed E-state index contributed by atoms with van der Waals surface area (Å²) >= 11 is 1.80. The van der Waals surface area contributed by atoms with Crippen molar-refractivity contribution in [2.75, 3.05) is 26.7 Å². The van der Waals surface area contributed by atoms with Gasteiger partial charge in [0.2, 0.25) is 0 Å². The average molecular weight is 238 g/mol. The van der Waals surface area contributed by atoms with Gasteiger partial charge in [0.1, 0.15) is 0 Å². The van der Waals surface area contributed by atoms with Crippen molar-refractivity contribution in [3.63, 3.8) is 0 Å². The van der Waals surface area contributed by atoms with E-state index in [-0.39, 0.29) is 0 Å². The first kappa shape index (κ1) is 12.1. The molecule has 1 aliphatic rings. The molecule has 0 bridgehead atoms. The Labute approximate surface area is 103 Å². The van der Waals surface area contributed by atoms with Crippen molar-refractivity contribution in [2.45, 2.75) is 25.8 Å². The summed E-state index contributed by atoms with van der Waals surface area (Å²) in [5.41, 5.74) is 1.48. The van der Waals surface area contributed by atoms with Crippen molar-refractivity contribution in [1.29, 1.82) is 0 Å². The van der Waals surface area contributed by atoms with Crippen molar-refractivity contribution in [3.05, 3.63) is 22.4 Å². The van der Waals surface area contributed by atoms with Gasteiger partial charge < -0.3 is 5.32 Å². The first-order chi connectivity index (χ1) is 7.81. The van der Waals surface area contributed by atoms with Gasteiger partial charge >= 0.3 is 0 Å². The molecule has 90 valence electrons. The highest BCUT2D eigenvalue weighted by Crippen LogP contribution is 2.27. The minimum absolute atomic E-state index is 0.599. The van der Waals surface area contributed by atoms with Crippen molar-refractivity contribution in [2.24, 2.45) is 5.92 Å². The average Bonchev–Trinajstić information content (AvgIpc) is 2.83. The molecule has 1 atom stereocenters. The molecule has 1 aromatic rings. The van der Waals surface area contributed by atoms with Crippen LogP contribution in [0.25, 0.3) is 0 Å². The van der Waals surface area contributed by atoms with Gasteiger partial charge in [0.05, 0.1) is 0 Å². The maximum absolute atomic E-state index is 3.29. The van der Waals surface area contributed by atoms with Crippen LogP contribution in [0.15, 0.2) is 16.8 Å². The van der Waals surface area contributed by atoms with Crippen molar-refractivity contribution >= 4 is 11.3 Å². The fourth-order valence-corrected chi connectivity index (χ4v) is 3.30. The Morgan fingerprint density at radius 2 is 2.25 bits per heavy atom. The third kappa shape index (κ3) is 2.84. The molecule has 0 aliphatic carbocycles. The zero-order chi connectivity index (χ0) is 11.4. The molecule has 2 rings (SSSR count). The zero-order valence-electron chi connectivity index (χ0n) is 10.3. The summed E-state index contributed by atoms with van der Waals surface area (Å²) in [4.78, 5) is 2.62. The standard InChI is InChI=1S/C13H22N2S/c1-11(13-5-8-16-10-13)15-6-3-12(4-7-15)9-14-2/h5,8,10-12,14H,3-4,6-7,9H2,1-2H3. The summed E-state index contributed by atoms with van der Waals surface area (Å²) in [6.45, 7) is 6.02. The van der Waals surface area contributed by atoms with Gasteiger partial charge in [-0.2, -0.15) is 11.3 Å². The first-order valence-corrected chi connectivity index (χ1v) is 7.16. The maximum atomic E-state index is 3.29. The molecule has 2 nitrogen and oxygen atoms in total. The molecule has 16 heavy (non-hydrogen) atoms. The van der Waals surface area contributed by atoms with Gasteiger partial charge in [0, 0.05) is 6.04 Å². The predicted molar refractivity (Wildman–Crippen MR) is 71.0 cm³/mol. The predicted octanol–water partition coefficient (Wildman–Crippen LogP) is 2.74. The third-order valence-electron chi connectivity index (χ3n) is 3.72. The minimum atomic E-state index is 0.599. The fourth-order valence-electron chi connectivity index (χ4n) is 2.56. The number of nitrogens with one attached hydrogen (secondary N) is 1. The number of hydrogen-bond donors (Lipinski definition) is 1. The van der Waals surface area contributed by atoms with Crippen LogP contribution in [0, 0.1) is 5.92 Å². The smallest absolute Gasteiger partial charge is 0.0328 e. The number of hydrogen-bond acceptors (Lipinski definition) is 3. The van der Waals surface area contributed by atoms with E-state index in [1.54, 1.807) is 11.3 Å². The van der Waals surface area contributed by atoms with Crippen LogP contribution >= 0.6 is 11.3 Å². The molecule has 0 radical (unpaired) electrons. The SMILES string of the molecule is CNCC1CCN(C(C)c2ccsc2)CC1. The van der Waals surface area contributed by atoms with Gasteiger partial charge in [-0.1, -0.05) is 0 Å². The van der Waals surface area contributed by atoms with E-state index < -0.39 is 0 Å². The van der Waals surface area contributed by atoms with Crippen molar-refractivity contribution < 1.29 is 0 Å². The molecule has 0 aromatic carbocycles. The number of likely N-dealkylation sites (tertiary alicyclic amines) is 1. The summed E-state index contributed by atoms with van der Waals surface area (Å²) in [5.74, 6) is 0.885. The largest absolute Gasteiger partial charge is 0.319 e. The summed E-state index contributed by atoms with van der Waals surface area (Å²) in [5, 5.41) is 7.75. The molecule has 0 spiro atoms. The van der Waals surface area contributed by atoms with Crippen molar-refractivity contribution in [3.8, 4) is 0 Å². The van der Waals surface area contributed by atoms with E-state index in [9.17, 15) is 0 Å². The van der Waals surface area contributed by atoms with Crippen LogP contribution in [0.2, 0.25) is 0 Å². The second kappa shape index (κ2) is 5.80. The quantitative estimate of drug-likeness (QED) is 0.867. The number of piperidine rings is 1. The van der Waals surface area contributed by atoms with Gasteiger partial charge in [0.25, 0.3) is 0 Å². The number of thiophene rings is 1. The fraction of sp³-hybridized carbons (Fsp3) is 0.692. The van der Waals surface area contributed by atoms with Crippen LogP contribution < -0.4 is 5.32 Å². The second-order valence-electron chi connectivity index (χ2n) is 4.77. The lowest BCUT2D eigenvalue weighted by Crippen LogP contribution is -2.38. The first-order valence-electron chi connectivity index (χ1n) is 6.22. The number of nitrogens with zero attached hydrogens (tertiary/aromatic N) is 1. The molecule has 3 heteroatoms. The molecule has 1 aromatic heterocycles. The topological polar surface area (TPSA) is 15.3 Å². The minimum Gasteiger partial charge on any atom is -0.319 e. The number of rotatable bonds is 4. The molecular formula is C13H22N2S. The summed E-state index contributed by atoms with van der Waals surface area (Å²) in [7, 11) is 2.06. The Morgan fingerprint density at radius 3 is 2.81 bits per heavy atom. The Morgan fingerprint density at radius 1 is 1.50 bits per heavy atom. The molecular weight excluding hydrogens is 216 g/mol. The summed E-state index contributed by atoms with van der Waals surface area (Å²) in [6, 6.07) is 2.86. The second-order valence-corrected chi connectivity index (χ2v) is 5.55. The highest BCUT2D eigenvalue weighted by Gasteiger charge is 2.23. The maximum Gasteiger partial charge on any atom is 0.0328 e. The monoisotopic (exact) mass is 238 g/mol. The molecule has 0 amide bonds. The van der Waals surface area contributed by atoms with Gasteiger partial charge in [-0.15, -0.1) is 0 Å². The van der Waals surface area contributed by atoms with E-state index in [1.165, 1.54) is 38.0 Å². The lowest BCUT2D eigenvalue weighted by Gasteiger charge is -2.35. The molecule has 0 saturated carbocycles. The Hall–Kier alpha value is -0.380. The van der Waals surface area contributed by atoms with E-state index >= 15 is 0 Å². The van der Waals surface area contributed by atoms with Crippen molar-refractivity contribution in [1.82, 2.24) is 10.2 Å². The van der Waals surface area contributed by atoms with E-state index in [0.717, 1.165) is 5.92 Å². The van der Waals surface area contributed by atoms with Crippen LogP contribution in [0.4, 0.5) is 0 Å². The molecule has 2 heterocycles. The van der Waals surface area contributed by atoms with E-state index in [0.29, 0.717) is 6.04 Å². The van der Waals surface area contributed by atoms with Crippen LogP contribution in [0.5, 0.6) is 0 Å². The summed E-state index contributed by atoms with van der Waals surface area (Å²) < 4.78 is 0. The molecule has 1 aliphatic heterocycles. The van der Waals surface area contributed by atoms with Gasteiger partial charge in [-0.05, 0) is 74.8 Å². The highest BCUT2D eigenvalue weighted by molar-refractivity contribution is 7.07. The van der Waals surface area contributed by atoms with Crippen LogP contribution in [-0.2, 0) is 0 Å². The van der Waals surface area contributed by atoms with E-state index in [1.807, 2.05) is 0 Å². The van der Waals surface area contributed by atoms with Gasteiger partial charge in [0.15, 0.2) is 0 Å². The van der Waals surface area contributed by atoms with Gasteiger partial charge in [-0.25, -0.2) is 0 Å². The van der Waals surface area contributed by atoms with E-state index in [2.05, 4.69) is 41.0 Å². The Kier molecular flexibility index (Phi) is 4.38. The lowest BCUT2D eigenvalue weighted by molar-refractivity contribution is 0.141. The lowest BCUT2D eigenvalue weighted by atomic mass is 9.95. The molecule has 1 fully saturated rings. The van der Waals surface area contributed by atoms with Crippen LogP contribution in [0.1, 0.15) is 31.4 Å². The zero-order valence-corrected chi connectivity index (χ0v) is 11.1. The summed E-state index contributed by atoms with van der Waals surface area (Å²) in [6.07, 6.45) is 2.69. The molecule has 1 saturated heterocycles. The molecule has 1 N–H and O–H groups in total. The molecule has 1 unspecified atom stereocenters. The van der Waals surface area contributed by atoms with E-state index in [4.69, 9.17) is 0 Å². The highest BCUT2D eigenvalue weighted by atomic mass is 32.1. The van der Waals surface area contributed by atoms with Crippen LogP contribution in [0.3, 0.4) is 0 Å². The third-order valence-corrected chi connectivity index (χ3v) is 4.42.